The molecule has 4 rings (SSSR count). The molecule has 12 heteroatoms. The van der Waals surface area contributed by atoms with E-state index in [4.69, 9.17) is 25.8 Å². The molecule has 1 aromatic carbocycles. The van der Waals surface area contributed by atoms with E-state index in [0.717, 1.165) is 6.42 Å². The molecule has 0 amide bonds. The Hall–Kier alpha value is -2.76. The average molecular weight is 536 g/mol. The molecular formula is C24H30ClN5O5S. The molecule has 0 spiro atoms. The molecule has 36 heavy (non-hydrogen) atoms. The van der Waals surface area contributed by atoms with Crippen molar-refractivity contribution in [2.24, 2.45) is 5.41 Å². The van der Waals surface area contributed by atoms with Gasteiger partial charge in [-0.3, -0.25) is 4.57 Å². The van der Waals surface area contributed by atoms with E-state index in [-0.39, 0.29) is 28.7 Å². The van der Waals surface area contributed by atoms with Crippen LogP contribution in [0, 0.1) is 5.41 Å². The fourth-order valence-electron chi connectivity index (χ4n) is 4.33. The lowest BCUT2D eigenvalue weighted by Gasteiger charge is -2.22. The molecular weight excluding hydrogens is 506 g/mol. The largest absolute Gasteiger partial charge is 0.494 e. The van der Waals surface area contributed by atoms with Crippen LogP contribution in [0.3, 0.4) is 0 Å². The minimum atomic E-state index is -3.82. The van der Waals surface area contributed by atoms with Gasteiger partial charge in [0, 0.05) is 25.4 Å². The van der Waals surface area contributed by atoms with Crippen molar-refractivity contribution in [3.05, 3.63) is 53.1 Å². The second-order valence-corrected chi connectivity index (χ2v) is 12.3. The van der Waals surface area contributed by atoms with Gasteiger partial charge < -0.3 is 14.2 Å². The Labute approximate surface area is 215 Å². The van der Waals surface area contributed by atoms with Gasteiger partial charge in [0.2, 0.25) is 0 Å². The topological polar surface area (TPSA) is 118 Å². The summed E-state index contributed by atoms with van der Waals surface area (Å²) in [6.45, 7) is 5.85. The summed E-state index contributed by atoms with van der Waals surface area (Å²) >= 11 is 5.89. The van der Waals surface area contributed by atoms with E-state index in [9.17, 15) is 8.42 Å². The van der Waals surface area contributed by atoms with Gasteiger partial charge in [-0.1, -0.05) is 31.5 Å². The van der Waals surface area contributed by atoms with Crippen LogP contribution in [-0.4, -0.2) is 59.7 Å². The van der Waals surface area contributed by atoms with Crippen LogP contribution in [-0.2, 0) is 20.3 Å². The first-order valence-corrected chi connectivity index (χ1v) is 13.5. The van der Waals surface area contributed by atoms with Gasteiger partial charge in [-0.2, -0.15) is 0 Å². The number of halogens is 1. The van der Waals surface area contributed by atoms with Gasteiger partial charge >= 0.3 is 0 Å². The first-order valence-electron chi connectivity index (χ1n) is 11.4. The molecule has 0 aliphatic heterocycles. The van der Waals surface area contributed by atoms with Crippen LogP contribution >= 0.6 is 11.6 Å². The van der Waals surface area contributed by atoms with Crippen molar-refractivity contribution in [2.75, 3.05) is 21.3 Å². The van der Waals surface area contributed by atoms with Crippen LogP contribution in [0.4, 0.5) is 0 Å². The lowest BCUT2D eigenvalue weighted by molar-refractivity contribution is 0.0948. The molecule has 1 saturated carbocycles. The fourth-order valence-corrected chi connectivity index (χ4v) is 5.85. The molecule has 0 saturated heterocycles. The van der Waals surface area contributed by atoms with Crippen molar-refractivity contribution >= 4 is 21.4 Å². The first kappa shape index (κ1) is 26.3. The van der Waals surface area contributed by atoms with Gasteiger partial charge in [0.1, 0.15) is 34.9 Å². The Bertz CT molecular complexity index is 1320. The summed E-state index contributed by atoms with van der Waals surface area (Å²) in [7, 11) is 0.710. The molecule has 0 bridgehead atoms. The maximum Gasteiger partial charge on any atom is 0.163 e. The summed E-state index contributed by atoms with van der Waals surface area (Å²) < 4.78 is 45.8. The van der Waals surface area contributed by atoms with Gasteiger partial charge in [-0.25, -0.2) is 18.4 Å². The molecule has 10 nitrogen and oxygen atoms in total. The van der Waals surface area contributed by atoms with Gasteiger partial charge in [-0.15, -0.1) is 10.2 Å². The Morgan fingerprint density at radius 2 is 1.69 bits per heavy atom. The SMILES string of the molecule is COc1cccc(OC)c1-n1c(CS(=O)(=O)[C@@H](C)[C@H](OC)c2ncc(Cl)cn2)nnc1[C@@H]1CC1(C)C. The molecule has 3 aromatic rings. The maximum atomic E-state index is 13.6. The van der Waals surface area contributed by atoms with E-state index in [1.807, 2.05) is 0 Å². The highest BCUT2D eigenvalue weighted by molar-refractivity contribution is 7.91. The molecule has 2 aromatic heterocycles. The van der Waals surface area contributed by atoms with Crippen LogP contribution < -0.4 is 9.47 Å². The molecule has 0 radical (unpaired) electrons. The van der Waals surface area contributed by atoms with E-state index < -0.39 is 21.2 Å². The van der Waals surface area contributed by atoms with Gasteiger partial charge in [-0.05, 0) is 30.9 Å². The molecule has 194 valence electrons. The van der Waals surface area contributed by atoms with Crippen LogP contribution in [0.2, 0.25) is 5.02 Å². The summed E-state index contributed by atoms with van der Waals surface area (Å²) in [6.07, 6.45) is 2.82. The predicted molar refractivity (Wildman–Crippen MR) is 134 cm³/mol. The number of ether oxygens (including phenoxy) is 3. The highest BCUT2D eigenvalue weighted by Gasteiger charge is 2.50. The number of nitrogens with zero attached hydrogens (tertiary/aromatic N) is 5. The van der Waals surface area contributed by atoms with Crippen molar-refractivity contribution in [2.45, 2.75) is 50.2 Å². The van der Waals surface area contributed by atoms with E-state index in [0.29, 0.717) is 28.0 Å². The third-order valence-electron chi connectivity index (χ3n) is 6.68. The number of methoxy groups -OCH3 is 3. The fraction of sp³-hybridized carbons (Fsp3) is 0.500. The zero-order chi connectivity index (χ0) is 26.3. The molecule has 0 unspecified atom stereocenters. The van der Waals surface area contributed by atoms with Crippen LogP contribution in [0.25, 0.3) is 5.69 Å². The summed E-state index contributed by atoms with van der Waals surface area (Å²) in [5, 5.41) is 8.15. The number of benzene rings is 1. The van der Waals surface area contributed by atoms with Gasteiger partial charge in [0.25, 0.3) is 0 Å². The molecule has 1 aliphatic rings. The van der Waals surface area contributed by atoms with Crippen molar-refractivity contribution < 1.29 is 22.6 Å². The van der Waals surface area contributed by atoms with Crippen molar-refractivity contribution in [1.29, 1.82) is 0 Å². The summed E-state index contributed by atoms with van der Waals surface area (Å²) in [5.41, 5.74) is 0.587. The number of sulfone groups is 1. The van der Waals surface area contributed by atoms with Crippen molar-refractivity contribution in [3.8, 4) is 17.2 Å². The molecule has 1 fully saturated rings. The van der Waals surface area contributed by atoms with Crippen LogP contribution in [0.15, 0.2) is 30.6 Å². The van der Waals surface area contributed by atoms with E-state index in [1.165, 1.54) is 19.5 Å². The standard InChI is InChI=1S/C24H30ClN5O5S/c1-14(21(35-6)22-26-11-15(25)12-27-22)36(31,32)13-19-28-29-23(16-10-24(16,2)3)30(19)20-17(33-4)8-7-9-18(20)34-5/h7-9,11-12,14,16,21H,10,13H2,1-6H3/t14-,16-,21-/m0/s1. The molecule has 2 heterocycles. The monoisotopic (exact) mass is 535 g/mol. The third kappa shape index (κ3) is 4.91. The van der Waals surface area contributed by atoms with Gasteiger partial charge in [0.05, 0.1) is 24.5 Å². The highest BCUT2D eigenvalue weighted by atomic mass is 35.5. The second kappa shape index (κ2) is 9.95. The first-order chi connectivity index (χ1) is 17.0. The Morgan fingerprint density at radius 1 is 1.11 bits per heavy atom. The highest BCUT2D eigenvalue weighted by Crippen LogP contribution is 2.58. The maximum absolute atomic E-state index is 13.6. The smallest absolute Gasteiger partial charge is 0.163 e. The van der Waals surface area contributed by atoms with Gasteiger partial charge in [0.15, 0.2) is 21.5 Å². The Morgan fingerprint density at radius 3 is 2.19 bits per heavy atom. The number of hydrogen-bond donors (Lipinski definition) is 0. The van der Waals surface area contributed by atoms with E-state index >= 15 is 0 Å². The van der Waals surface area contributed by atoms with Crippen LogP contribution in [0.1, 0.15) is 56.7 Å². The number of aromatic nitrogens is 5. The second-order valence-electron chi connectivity index (χ2n) is 9.49. The third-order valence-corrected chi connectivity index (χ3v) is 8.91. The van der Waals surface area contributed by atoms with E-state index in [1.54, 1.807) is 43.9 Å². The van der Waals surface area contributed by atoms with Crippen LogP contribution in [0.5, 0.6) is 11.5 Å². The predicted octanol–water partition coefficient (Wildman–Crippen LogP) is 3.93. The van der Waals surface area contributed by atoms with Crippen molar-refractivity contribution in [1.82, 2.24) is 24.7 Å². The van der Waals surface area contributed by atoms with E-state index in [2.05, 4.69) is 34.0 Å². The number of para-hydroxylation sites is 1. The minimum Gasteiger partial charge on any atom is -0.494 e. The Balaban J connectivity index is 1.78. The van der Waals surface area contributed by atoms with Crippen molar-refractivity contribution in [3.63, 3.8) is 0 Å². The normalized spacial score (nSPS) is 18.5. The summed E-state index contributed by atoms with van der Waals surface area (Å²) in [6, 6.07) is 5.39. The quantitative estimate of drug-likeness (QED) is 0.380. The number of rotatable bonds is 10. The molecule has 1 aliphatic carbocycles. The average Bonchev–Trinajstić information content (AvgIpc) is 3.30. The zero-order valence-corrected chi connectivity index (χ0v) is 22.7. The number of hydrogen-bond acceptors (Lipinski definition) is 9. The lowest BCUT2D eigenvalue weighted by Crippen LogP contribution is -2.30. The summed E-state index contributed by atoms with van der Waals surface area (Å²) in [5.74, 6) is 1.92. The minimum absolute atomic E-state index is 0.0243. The molecule has 0 N–H and O–H groups in total. The molecule has 3 atom stereocenters. The lowest BCUT2D eigenvalue weighted by atomic mass is 10.1. The zero-order valence-electron chi connectivity index (χ0n) is 21.1. The summed E-state index contributed by atoms with van der Waals surface area (Å²) in [4.78, 5) is 8.31. The Kier molecular flexibility index (Phi) is 7.27.